The lowest BCUT2D eigenvalue weighted by Crippen LogP contribution is -2.45. The normalized spacial score (nSPS) is 21.8. The van der Waals surface area contributed by atoms with Crippen molar-refractivity contribution >= 4 is 17.5 Å². The zero-order chi connectivity index (χ0) is 13.7. The maximum absolute atomic E-state index is 12.0. The van der Waals surface area contributed by atoms with Gasteiger partial charge in [0.25, 0.3) is 5.91 Å². The molecule has 1 aliphatic heterocycles. The van der Waals surface area contributed by atoms with Crippen LogP contribution in [-0.4, -0.2) is 23.6 Å². The van der Waals surface area contributed by atoms with E-state index >= 15 is 0 Å². The molecule has 2 amide bonds. The number of carbonyl (C=O) groups is 2. The van der Waals surface area contributed by atoms with E-state index in [9.17, 15) is 14.9 Å². The van der Waals surface area contributed by atoms with E-state index < -0.39 is 6.04 Å². The van der Waals surface area contributed by atoms with Crippen LogP contribution in [0.25, 0.3) is 0 Å². The summed E-state index contributed by atoms with van der Waals surface area (Å²) in [5.41, 5.74) is 2.59. The highest BCUT2D eigenvalue weighted by atomic mass is 16.2. The Bertz CT molecular complexity index is 432. The second-order valence-corrected chi connectivity index (χ2v) is 5.07. The van der Waals surface area contributed by atoms with Crippen LogP contribution in [0.4, 0.5) is 0 Å². The van der Waals surface area contributed by atoms with Gasteiger partial charge in [-0.25, -0.2) is 5.43 Å². The number of nitrogens with zero attached hydrogens (tertiary/aromatic N) is 2. The van der Waals surface area contributed by atoms with E-state index in [0.29, 0.717) is 12.1 Å². The van der Waals surface area contributed by atoms with Gasteiger partial charge < -0.3 is 5.32 Å². The van der Waals surface area contributed by atoms with Crippen molar-refractivity contribution in [2.45, 2.75) is 51.0 Å². The Hall–Kier alpha value is -1.90. The van der Waals surface area contributed by atoms with E-state index in [2.05, 4.69) is 21.9 Å². The first-order valence-electron chi connectivity index (χ1n) is 6.76. The Morgan fingerprint density at radius 3 is 2.68 bits per heavy atom. The van der Waals surface area contributed by atoms with Crippen molar-refractivity contribution in [2.75, 3.05) is 0 Å². The molecule has 1 heterocycles. The molecule has 6 nitrogen and oxygen atoms in total. The van der Waals surface area contributed by atoms with Crippen LogP contribution in [0.1, 0.15) is 44.9 Å². The zero-order valence-electron chi connectivity index (χ0n) is 10.8. The molecule has 0 aromatic carbocycles. The van der Waals surface area contributed by atoms with Gasteiger partial charge in [-0.2, -0.15) is 10.4 Å². The van der Waals surface area contributed by atoms with Crippen molar-refractivity contribution in [1.29, 1.82) is 5.26 Å². The lowest BCUT2D eigenvalue weighted by Gasteiger charge is -2.26. The lowest BCUT2D eigenvalue weighted by atomic mass is 9.84. The number of hydrazone groups is 1. The fraction of sp³-hybridized carbons (Fsp3) is 0.692. The molecule has 0 saturated heterocycles. The van der Waals surface area contributed by atoms with Crippen LogP contribution < -0.4 is 10.7 Å². The standard InChI is InChI=1S/C13H18N4O2/c14-8-11(9-4-2-1-3-5-9)15-13(19)10-6-7-12(18)17-16-10/h9,11H,1-7H2,(H,15,19)(H,17,18). The Morgan fingerprint density at radius 2 is 2.11 bits per heavy atom. The third-order valence-electron chi connectivity index (χ3n) is 3.71. The van der Waals surface area contributed by atoms with Gasteiger partial charge in [0.1, 0.15) is 11.8 Å². The summed E-state index contributed by atoms with van der Waals surface area (Å²) in [5, 5.41) is 15.7. The van der Waals surface area contributed by atoms with Crippen LogP contribution in [-0.2, 0) is 9.59 Å². The van der Waals surface area contributed by atoms with Crippen molar-refractivity contribution in [3.63, 3.8) is 0 Å². The minimum atomic E-state index is -0.451. The van der Waals surface area contributed by atoms with Gasteiger partial charge in [-0.15, -0.1) is 0 Å². The Balaban J connectivity index is 1.92. The topological polar surface area (TPSA) is 94.3 Å². The maximum atomic E-state index is 12.0. The molecule has 1 saturated carbocycles. The quantitative estimate of drug-likeness (QED) is 0.789. The average molecular weight is 262 g/mol. The summed E-state index contributed by atoms with van der Waals surface area (Å²) in [5.74, 6) is -0.278. The van der Waals surface area contributed by atoms with E-state index in [1.54, 1.807) is 0 Å². The van der Waals surface area contributed by atoms with Gasteiger partial charge in [0.15, 0.2) is 0 Å². The molecule has 102 valence electrons. The molecule has 0 bridgehead atoms. The maximum Gasteiger partial charge on any atom is 0.268 e. The Labute approximate surface area is 112 Å². The number of hydrogen-bond acceptors (Lipinski definition) is 4. The SMILES string of the molecule is N#CC(NC(=O)C1=NNC(=O)CC1)C1CCCCC1. The third kappa shape index (κ3) is 3.53. The van der Waals surface area contributed by atoms with Crippen molar-refractivity contribution in [2.24, 2.45) is 11.0 Å². The van der Waals surface area contributed by atoms with Crippen LogP contribution in [0, 0.1) is 17.2 Å². The predicted octanol–water partition coefficient (Wildman–Crippen LogP) is 0.841. The fourth-order valence-corrected chi connectivity index (χ4v) is 2.59. The van der Waals surface area contributed by atoms with Gasteiger partial charge in [0.2, 0.25) is 5.91 Å². The van der Waals surface area contributed by atoms with E-state index in [1.165, 1.54) is 6.42 Å². The largest absolute Gasteiger partial charge is 0.335 e. The third-order valence-corrected chi connectivity index (χ3v) is 3.71. The van der Waals surface area contributed by atoms with E-state index in [-0.39, 0.29) is 24.2 Å². The summed E-state index contributed by atoms with van der Waals surface area (Å²) < 4.78 is 0. The molecule has 2 rings (SSSR count). The Kier molecular flexibility index (Phi) is 4.50. The highest BCUT2D eigenvalue weighted by Gasteiger charge is 2.27. The van der Waals surface area contributed by atoms with Crippen molar-refractivity contribution in [1.82, 2.24) is 10.7 Å². The first-order chi connectivity index (χ1) is 9.20. The monoisotopic (exact) mass is 262 g/mol. The summed E-state index contributed by atoms with van der Waals surface area (Å²) in [6.07, 6.45) is 6.03. The van der Waals surface area contributed by atoms with Gasteiger partial charge in [-0.1, -0.05) is 19.3 Å². The molecule has 1 aliphatic carbocycles. The summed E-state index contributed by atoms with van der Waals surface area (Å²) in [4.78, 5) is 22.9. The molecule has 19 heavy (non-hydrogen) atoms. The second-order valence-electron chi connectivity index (χ2n) is 5.07. The summed E-state index contributed by atoms with van der Waals surface area (Å²) in [6.45, 7) is 0. The lowest BCUT2D eigenvalue weighted by molar-refractivity contribution is -0.121. The van der Waals surface area contributed by atoms with E-state index in [1.807, 2.05) is 0 Å². The molecule has 1 unspecified atom stereocenters. The van der Waals surface area contributed by atoms with Gasteiger partial charge in [-0.05, 0) is 18.8 Å². The molecule has 1 fully saturated rings. The minimum Gasteiger partial charge on any atom is -0.335 e. The second kappa shape index (κ2) is 6.32. The molecule has 6 heteroatoms. The fourth-order valence-electron chi connectivity index (χ4n) is 2.59. The number of nitrogens with one attached hydrogen (secondary N) is 2. The molecule has 2 N–H and O–H groups in total. The molecule has 0 aromatic rings. The van der Waals surface area contributed by atoms with Gasteiger partial charge in [-0.3, -0.25) is 9.59 Å². The molecular weight excluding hydrogens is 244 g/mol. The van der Waals surface area contributed by atoms with Crippen LogP contribution in [0.5, 0.6) is 0 Å². The number of amides is 2. The Morgan fingerprint density at radius 1 is 1.37 bits per heavy atom. The zero-order valence-corrected chi connectivity index (χ0v) is 10.8. The average Bonchev–Trinajstić information content (AvgIpc) is 2.46. The molecule has 0 spiro atoms. The molecule has 0 radical (unpaired) electrons. The van der Waals surface area contributed by atoms with Crippen LogP contribution >= 0.6 is 0 Å². The highest BCUT2D eigenvalue weighted by Crippen LogP contribution is 2.26. The van der Waals surface area contributed by atoms with Crippen molar-refractivity contribution in [3.05, 3.63) is 0 Å². The first kappa shape index (κ1) is 13.5. The van der Waals surface area contributed by atoms with E-state index in [0.717, 1.165) is 25.7 Å². The summed E-state index contributed by atoms with van der Waals surface area (Å²) in [6, 6.07) is 1.73. The number of hydrogen-bond donors (Lipinski definition) is 2. The van der Waals surface area contributed by atoms with Crippen molar-refractivity contribution in [3.8, 4) is 6.07 Å². The van der Waals surface area contributed by atoms with Crippen LogP contribution in [0.15, 0.2) is 5.10 Å². The summed E-state index contributed by atoms with van der Waals surface area (Å²) >= 11 is 0. The number of nitriles is 1. The van der Waals surface area contributed by atoms with Crippen molar-refractivity contribution < 1.29 is 9.59 Å². The van der Waals surface area contributed by atoms with Crippen LogP contribution in [0.2, 0.25) is 0 Å². The van der Waals surface area contributed by atoms with Gasteiger partial charge in [0.05, 0.1) is 6.07 Å². The predicted molar refractivity (Wildman–Crippen MR) is 68.9 cm³/mol. The van der Waals surface area contributed by atoms with Gasteiger partial charge in [0, 0.05) is 12.8 Å². The van der Waals surface area contributed by atoms with Crippen LogP contribution in [0.3, 0.4) is 0 Å². The van der Waals surface area contributed by atoms with E-state index in [4.69, 9.17) is 0 Å². The number of carbonyl (C=O) groups excluding carboxylic acids is 2. The number of rotatable bonds is 3. The smallest absolute Gasteiger partial charge is 0.268 e. The molecule has 0 aromatic heterocycles. The minimum absolute atomic E-state index is 0.180. The molecule has 2 aliphatic rings. The van der Waals surface area contributed by atoms with Gasteiger partial charge >= 0.3 is 0 Å². The highest BCUT2D eigenvalue weighted by molar-refractivity contribution is 6.39. The molecular formula is C13H18N4O2. The molecule has 1 atom stereocenters. The summed E-state index contributed by atoms with van der Waals surface area (Å²) in [7, 11) is 0. The first-order valence-corrected chi connectivity index (χ1v) is 6.76.